The molecule has 0 radical (unpaired) electrons. The first-order chi connectivity index (χ1) is 15.0. The van der Waals surface area contributed by atoms with Gasteiger partial charge < -0.3 is 14.8 Å². The van der Waals surface area contributed by atoms with Crippen molar-refractivity contribution in [3.8, 4) is 11.5 Å². The van der Waals surface area contributed by atoms with Crippen molar-refractivity contribution in [2.24, 2.45) is 0 Å². The molecule has 6 nitrogen and oxygen atoms in total. The van der Waals surface area contributed by atoms with Crippen molar-refractivity contribution < 1.29 is 22.7 Å². The molecule has 1 amide bonds. The highest BCUT2D eigenvalue weighted by Gasteiger charge is 2.34. The fourth-order valence-corrected chi connectivity index (χ4v) is 6.61. The van der Waals surface area contributed by atoms with E-state index in [1.807, 2.05) is 32.0 Å². The number of thiophene rings is 1. The van der Waals surface area contributed by atoms with Crippen LogP contribution in [0.15, 0.2) is 63.7 Å². The van der Waals surface area contributed by atoms with Gasteiger partial charge in [0, 0.05) is 22.6 Å². The highest BCUT2D eigenvalue weighted by Crippen LogP contribution is 2.47. The lowest BCUT2D eigenvalue weighted by Crippen LogP contribution is -2.23. The van der Waals surface area contributed by atoms with Gasteiger partial charge in [-0.05, 0) is 43.7 Å². The summed E-state index contributed by atoms with van der Waals surface area (Å²) in [6.45, 7) is 4.80. The number of rotatable bonds is 7. The number of hydrogen-bond donors (Lipinski definition) is 1. The van der Waals surface area contributed by atoms with Crippen LogP contribution in [0, 0.1) is 0 Å². The maximum atomic E-state index is 13.2. The molecule has 31 heavy (non-hydrogen) atoms. The molecule has 1 unspecified atom stereocenters. The minimum Gasteiger partial charge on any atom is -0.490 e. The molecule has 3 aromatic rings. The Balaban J connectivity index is 1.78. The molecule has 0 saturated heterocycles. The van der Waals surface area contributed by atoms with Crippen LogP contribution in [0.2, 0.25) is 0 Å². The second-order valence-corrected chi connectivity index (χ2v) is 9.86. The van der Waals surface area contributed by atoms with E-state index in [-0.39, 0.29) is 28.0 Å². The molecule has 0 saturated carbocycles. The van der Waals surface area contributed by atoms with Gasteiger partial charge in [0.25, 0.3) is 0 Å². The van der Waals surface area contributed by atoms with Gasteiger partial charge in [0.15, 0.2) is 11.5 Å². The summed E-state index contributed by atoms with van der Waals surface area (Å²) in [5.74, 6) is 0.783. The van der Waals surface area contributed by atoms with Gasteiger partial charge in [-0.25, -0.2) is 8.42 Å². The third kappa shape index (κ3) is 4.05. The molecule has 1 aromatic heterocycles. The molecule has 162 valence electrons. The molecule has 1 atom stereocenters. The Kier molecular flexibility index (Phi) is 6.02. The van der Waals surface area contributed by atoms with Crippen molar-refractivity contribution in [1.82, 2.24) is 0 Å². The number of hydrogen-bond acceptors (Lipinski definition) is 6. The first-order valence-corrected chi connectivity index (χ1v) is 12.4. The number of sulfone groups is 1. The van der Waals surface area contributed by atoms with Crippen LogP contribution >= 0.6 is 11.3 Å². The number of ether oxygens (including phenoxy) is 2. The number of nitrogens with one attached hydrogen (secondary N) is 1. The van der Waals surface area contributed by atoms with Crippen molar-refractivity contribution >= 4 is 32.8 Å². The van der Waals surface area contributed by atoms with Crippen molar-refractivity contribution in [1.29, 1.82) is 0 Å². The summed E-state index contributed by atoms with van der Waals surface area (Å²) in [5, 5.41) is 4.41. The zero-order valence-electron chi connectivity index (χ0n) is 17.3. The molecule has 0 spiro atoms. The molecule has 1 aliphatic rings. The smallest absolute Gasteiger partial charge is 0.225 e. The molecular formula is C23H23NO5S2. The van der Waals surface area contributed by atoms with Crippen LogP contribution in [-0.4, -0.2) is 27.5 Å². The largest absolute Gasteiger partial charge is 0.490 e. The highest BCUT2D eigenvalue weighted by molar-refractivity contribution is 7.91. The van der Waals surface area contributed by atoms with Crippen molar-refractivity contribution in [2.45, 2.75) is 36.0 Å². The van der Waals surface area contributed by atoms with Crippen LogP contribution in [0.5, 0.6) is 11.5 Å². The van der Waals surface area contributed by atoms with E-state index >= 15 is 0 Å². The normalized spacial score (nSPS) is 15.8. The number of carbonyl (C=O) groups is 1. The molecule has 2 heterocycles. The van der Waals surface area contributed by atoms with Crippen LogP contribution in [0.1, 0.15) is 36.6 Å². The summed E-state index contributed by atoms with van der Waals surface area (Å²) in [5.41, 5.74) is 1.26. The fourth-order valence-electron chi connectivity index (χ4n) is 3.68. The Morgan fingerprint density at radius 1 is 1.03 bits per heavy atom. The van der Waals surface area contributed by atoms with Gasteiger partial charge in [-0.1, -0.05) is 24.3 Å². The van der Waals surface area contributed by atoms with Crippen molar-refractivity contribution in [3.05, 3.63) is 64.4 Å². The fraction of sp³-hybridized carbons (Fsp3) is 0.261. The SMILES string of the molecule is CCOc1ccc(C2CC(=O)Nc3c(S(=O)(=O)c4ccccc4)csc32)cc1OCC. The van der Waals surface area contributed by atoms with E-state index < -0.39 is 9.84 Å². The molecule has 0 aliphatic carbocycles. The minimum atomic E-state index is -3.75. The highest BCUT2D eigenvalue weighted by atomic mass is 32.2. The third-order valence-electron chi connectivity index (χ3n) is 5.07. The van der Waals surface area contributed by atoms with Crippen LogP contribution < -0.4 is 14.8 Å². The van der Waals surface area contributed by atoms with E-state index in [9.17, 15) is 13.2 Å². The van der Waals surface area contributed by atoms with Crippen molar-refractivity contribution in [3.63, 3.8) is 0 Å². The second-order valence-electron chi connectivity index (χ2n) is 7.03. The zero-order valence-corrected chi connectivity index (χ0v) is 18.9. The Hall–Kier alpha value is -2.84. The summed E-state index contributed by atoms with van der Waals surface area (Å²) in [4.78, 5) is 13.7. The number of amides is 1. The van der Waals surface area contributed by atoms with Crippen LogP contribution in [-0.2, 0) is 14.6 Å². The number of carbonyl (C=O) groups excluding carboxylic acids is 1. The first kappa shape index (κ1) is 21.4. The average molecular weight is 458 g/mol. The summed E-state index contributed by atoms with van der Waals surface area (Å²) < 4.78 is 37.8. The average Bonchev–Trinajstić information content (AvgIpc) is 3.20. The number of fused-ring (bicyclic) bond motifs is 1. The monoisotopic (exact) mass is 457 g/mol. The summed E-state index contributed by atoms with van der Waals surface area (Å²) in [6, 6.07) is 13.9. The van der Waals surface area contributed by atoms with E-state index in [4.69, 9.17) is 9.47 Å². The molecule has 1 aliphatic heterocycles. The van der Waals surface area contributed by atoms with E-state index in [1.165, 1.54) is 11.3 Å². The summed E-state index contributed by atoms with van der Waals surface area (Å²) >= 11 is 1.35. The van der Waals surface area contributed by atoms with E-state index in [1.54, 1.807) is 35.7 Å². The van der Waals surface area contributed by atoms with Crippen LogP contribution in [0.3, 0.4) is 0 Å². The molecule has 0 fully saturated rings. The van der Waals surface area contributed by atoms with Gasteiger partial charge in [-0.2, -0.15) is 0 Å². The van der Waals surface area contributed by atoms with Gasteiger partial charge in [0.1, 0.15) is 4.90 Å². The lowest BCUT2D eigenvalue weighted by atomic mass is 9.90. The quantitative estimate of drug-likeness (QED) is 0.548. The standard InChI is InChI=1S/C23H23NO5S2/c1-3-28-18-11-10-15(12-19(18)29-4-2)17-13-21(25)24-22-20(14-30-23(17)22)31(26,27)16-8-6-5-7-9-16/h5-12,14,17H,3-4,13H2,1-2H3,(H,24,25). The topological polar surface area (TPSA) is 81.7 Å². The van der Waals surface area contributed by atoms with Crippen molar-refractivity contribution in [2.75, 3.05) is 18.5 Å². The van der Waals surface area contributed by atoms with Gasteiger partial charge in [-0.15, -0.1) is 11.3 Å². The predicted octanol–water partition coefficient (Wildman–Crippen LogP) is 4.85. The Morgan fingerprint density at radius 3 is 2.45 bits per heavy atom. The second kappa shape index (κ2) is 8.72. The van der Waals surface area contributed by atoms with Gasteiger partial charge in [0.2, 0.25) is 15.7 Å². The Bertz CT molecular complexity index is 1200. The predicted molar refractivity (Wildman–Crippen MR) is 120 cm³/mol. The lowest BCUT2D eigenvalue weighted by molar-refractivity contribution is -0.116. The van der Waals surface area contributed by atoms with Crippen LogP contribution in [0.4, 0.5) is 5.69 Å². The zero-order chi connectivity index (χ0) is 22.0. The first-order valence-electron chi connectivity index (χ1n) is 10.1. The molecule has 8 heteroatoms. The molecular weight excluding hydrogens is 434 g/mol. The molecule has 0 bridgehead atoms. The van der Waals surface area contributed by atoms with E-state index in [0.29, 0.717) is 30.4 Å². The Morgan fingerprint density at radius 2 is 1.74 bits per heavy atom. The van der Waals surface area contributed by atoms with E-state index in [2.05, 4.69) is 5.32 Å². The summed E-state index contributed by atoms with van der Waals surface area (Å²) in [6.07, 6.45) is 0.234. The number of anilines is 1. The third-order valence-corrected chi connectivity index (χ3v) is 8.11. The molecule has 1 N–H and O–H groups in total. The number of benzene rings is 2. The maximum Gasteiger partial charge on any atom is 0.225 e. The van der Waals surface area contributed by atoms with E-state index in [0.717, 1.165) is 10.4 Å². The lowest BCUT2D eigenvalue weighted by Gasteiger charge is -2.24. The maximum absolute atomic E-state index is 13.2. The molecule has 2 aromatic carbocycles. The van der Waals surface area contributed by atoms with Gasteiger partial charge in [-0.3, -0.25) is 4.79 Å². The van der Waals surface area contributed by atoms with Gasteiger partial charge >= 0.3 is 0 Å². The summed E-state index contributed by atoms with van der Waals surface area (Å²) in [7, 11) is -3.75. The molecule has 4 rings (SSSR count). The minimum absolute atomic E-state index is 0.132. The Labute approximate surface area is 185 Å². The van der Waals surface area contributed by atoms with Crippen LogP contribution in [0.25, 0.3) is 0 Å². The van der Waals surface area contributed by atoms with Gasteiger partial charge in [0.05, 0.1) is 23.8 Å².